The molecule has 0 unspecified atom stereocenters. The normalized spacial score (nSPS) is 12.1. The maximum atomic E-state index is 2.29. The molecule has 2 aromatic heterocycles. The minimum atomic E-state index is 0. The van der Waals surface area contributed by atoms with Gasteiger partial charge < -0.3 is 34.0 Å². The molecule has 0 spiro atoms. The summed E-state index contributed by atoms with van der Waals surface area (Å²) >= 11 is 0. The lowest BCUT2D eigenvalue weighted by Crippen LogP contribution is -3.00. The molecule has 0 fully saturated rings. The second kappa shape index (κ2) is 5.06. The Balaban J connectivity index is 0.000000640. The quantitative estimate of drug-likeness (QED) is 0.425. The largest absolute Gasteiger partial charge is 1.00 e. The molecular formula is C12H12Br2N2. The van der Waals surface area contributed by atoms with Crippen LogP contribution < -0.4 is 43.1 Å². The SMILES string of the molecule is CC1[n+]2ccccc2-c2cccc[n+]21.[Br-].[Br-]. The Morgan fingerprint density at radius 3 is 1.69 bits per heavy atom. The van der Waals surface area contributed by atoms with Gasteiger partial charge in [0, 0.05) is 24.3 Å². The van der Waals surface area contributed by atoms with Gasteiger partial charge >= 0.3 is 6.17 Å². The highest BCUT2D eigenvalue weighted by Crippen LogP contribution is 2.17. The van der Waals surface area contributed by atoms with Gasteiger partial charge in [0.1, 0.15) is 0 Å². The van der Waals surface area contributed by atoms with Gasteiger partial charge in [-0.25, -0.2) is 0 Å². The summed E-state index contributed by atoms with van der Waals surface area (Å²) in [4.78, 5) is 0. The molecule has 0 aromatic carbocycles. The lowest BCUT2D eigenvalue weighted by atomic mass is 10.2. The van der Waals surface area contributed by atoms with Crippen molar-refractivity contribution in [3.05, 3.63) is 48.8 Å². The Morgan fingerprint density at radius 2 is 1.25 bits per heavy atom. The van der Waals surface area contributed by atoms with Crippen molar-refractivity contribution in [2.75, 3.05) is 0 Å². The molecule has 0 saturated carbocycles. The van der Waals surface area contributed by atoms with Crippen LogP contribution in [0, 0.1) is 0 Å². The summed E-state index contributed by atoms with van der Waals surface area (Å²) in [6.07, 6.45) is 4.66. The zero-order chi connectivity index (χ0) is 9.54. The molecule has 1 aliphatic heterocycles. The lowest BCUT2D eigenvalue weighted by molar-refractivity contribution is -0.906. The molecule has 0 saturated heterocycles. The first-order valence-electron chi connectivity index (χ1n) is 4.88. The van der Waals surface area contributed by atoms with E-state index in [4.69, 9.17) is 0 Å². The highest BCUT2D eigenvalue weighted by Gasteiger charge is 2.39. The molecule has 1 aliphatic rings. The molecule has 0 N–H and O–H groups in total. The summed E-state index contributed by atoms with van der Waals surface area (Å²) < 4.78 is 4.57. The van der Waals surface area contributed by atoms with Crippen LogP contribution in [0.25, 0.3) is 11.4 Å². The maximum absolute atomic E-state index is 2.29. The number of halogens is 2. The molecule has 2 nitrogen and oxygen atoms in total. The van der Waals surface area contributed by atoms with Gasteiger partial charge in [0.2, 0.25) is 0 Å². The third kappa shape index (κ3) is 1.80. The molecule has 3 rings (SSSR count). The fourth-order valence-corrected chi connectivity index (χ4v) is 2.13. The van der Waals surface area contributed by atoms with Crippen LogP contribution >= 0.6 is 0 Å². The van der Waals surface area contributed by atoms with Crippen LogP contribution in [0.15, 0.2) is 48.8 Å². The van der Waals surface area contributed by atoms with Crippen LogP contribution in [-0.4, -0.2) is 0 Å². The Hall–Kier alpha value is -0.740. The third-order valence-corrected chi connectivity index (χ3v) is 2.85. The molecule has 0 bridgehead atoms. The van der Waals surface area contributed by atoms with Crippen molar-refractivity contribution in [1.29, 1.82) is 0 Å². The van der Waals surface area contributed by atoms with Crippen molar-refractivity contribution >= 4 is 0 Å². The van der Waals surface area contributed by atoms with E-state index in [1.54, 1.807) is 0 Å². The van der Waals surface area contributed by atoms with Gasteiger partial charge in [0.15, 0.2) is 12.4 Å². The van der Waals surface area contributed by atoms with E-state index in [9.17, 15) is 0 Å². The smallest absolute Gasteiger partial charge is 0.350 e. The average Bonchev–Trinajstić information content (AvgIpc) is 2.55. The van der Waals surface area contributed by atoms with Gasteiger partial charge in [-0.05, 0) is 12.1 Å². The topological polar surface area (TPSA) is 7.76 Å². The van der Waals surface area contributed by atoms with Gasteiger partial charge in [-0.2, -0.15) is 0 Å². The van der Waals surface area contributed by atoms with Crippen LogP contribution in [0.5, 0.6) is 0 Å². The van der Waals surface area contributed by atoms with Crippen LogP contribution in [0.4, 0.5) is 0 Å². The Morgan fingerprint density at radius 1 is 0.812 bits per heavy atom. The first kappa shape index (κ1) is 13.3. The van der Waals surface area contributed by atoms with E-state index < -0.39 is 0 Å². The van der Waals surface area contributed by atoms with Gasteiger partial charge in [-0.1, -0.05) is 0 Å². The molecule has 16 heavy (non-hydrogen) atoms. The van der Waals surface area contributed by atoms with E-state index in [1.807, 2.05) is 0 Å². The predicted octanol–water partition coefficient (Wildman–Crippen LogP) is -4.68. The van der Waals surface area contributed by atoms with Crippen LogP contribution in [0.2, 0.25) is 0 Å². The minimum Gasteiger partial charge on any atom is -1.00 e. The zero-order valence-electron chi connectivity index (χ0n) is 8.85. The fourth-order valence-electron chi connectivity index (χ4n) is 2.13. The summed E-state index contributed by atoms with van der Waals surface area (Å²) in [5.74, 6) is 0. The number of hydrogen-bond acceptors (Lipinski definition) is 0. The highest BCUT2D eigenvalue weighted by molar-refractivity contribution is 5.46. The number of pyridine rings is 2. The summed E-state index contributed by atoms with van der Waals surface area (Å²) in [5, 5.41) is 0. The summed E-state index contributed by atoms with van der Waals surface area (Å²) in [6.45, 7) is 2.21. The number of aromatic nitrogens is 2. The van der Waals surface area contributed by atoms with E-state index in [2.05, 4.69) is 64.8 Å². The van der Waals surface area contributed by atoms with Crippen molar-refractivity contribution < 1.29 is 43.1 Å². The first-order chi connectivity index (χ1) is 6.88. The highest BCUT2D eigenvalue weighted by atomic mass is 79.9. The van der Waals surface area contributed by atoms with Crippen molar-refractivity contribution in [2.24, 2.45) is 0 Å². The average molecular weight is 344 g/mol. The van der Waals surface area contributed by atoms with Gasteiger partial charge in [0.25, 0.3) is 11.4 Å². The molecule has 0 atom stereocenters. The van der Waals surface area contributed by atoms with Crippen molar-refractivity contribution in [3.63, 3.8) is 0 Å². The minimum absolute atomic E-state index is 0. The predicted molar refractivity (Wildman–Crippen MR) is 52.4 cm³/mol. The van der Waals surface area contributed by atoms with Gasteiger partial charge in [-0.3, -0.25) is 0 Å². The molecule has 0 radical (unpaired) electrons. The fraction of sp³-hybridized carbons (Fsp3) is 0.167. The molecule has 0 aliphatic carbocycles. The zero-order valence-corrected chi connectivity index (χ0v) is 12.0. The Labute approximate surface area is 116 Å². The molecule has 4 heteroatoms. The standard InChI is InChI=1S/C12H12N2.2BrH/c1-10-13-8-4-2-6-11(13)12-7-3-5-9-14(10)12;;/h2-10H,1H3;2*1H/q+2;;/p-2. The van der Waals surface area contributed by atoms with Crippen LogP contribution in [0.1, 0.15) is 13.1 Å². The molecule has 0 amide bonds. The van der Waals surface area contributed by atoms with Crippen LogP contribution in [-0.2, 0) is 0 Å². The van der Waals surface area contributed by atoms with E-state index in [0.717, 1.165) is 0 Å². The molecular weight excluding hydrogens is 332 g/mol. The number of nitrogens with zero attached hydrogens (tertiary/aromatic N) is 2. The van der Waals surface area contributed by atoms with Gasteiger partial charge in [0.05, 0.1) is 6.92 Å². The van der Waals surface area contributed by atoms with Crippen molar-refractivity contribution in [3.8, 4) is 11.4 Å². The Kier molecular flexibility index (Phi) is 4.21. The second-order valence-electron chi connectivity index (χ2n) is 3.62. The summed E-state index contributed by atoms with van der Waals surface area (Å²) in [7, 11) is 0. The second-order valence-corrected chi connectivity index (χ2v) is 3.62. The molecule has 84 valence electrons. The van der Waals surface area contributed by atoms with Crippen LogP contribution in [0.3, 0.4) is 0 Å². The number of rotatable bonds is 0. The number of fused-ring (bicyclic) bond motifs is 3. The van der Waals surface area contributed by atoms with E-state index in [1.165, 1.54) is 11.4 Å². The van der Waals surface area contributed by atoms with E-state index in [-0.39, 0.29) is 34.0 Å². The molecule has 2 aromatic rings. The lowest BCUT2D eigenvalue weighted by Gasteiger charge is -1.93. The number of hydrogen-bond donors (Lipinski definition) is 0. The van der Waals surface area contributed by atoms with E-state index in [0.29, 0.717) is 6.17 Å². The maximum Gasteiger partial charge on any atom is 0.350 e. The monoisotopic (exact) mass is 342 g/mol. The molecule has 3 heterocycles. The van der Waals surface area contributed by atoms with E-state index >= 15 is 0 Å². The summed E-state index contributed by atoms with van der Waals surface area (Å²) in [5.41, 5.74) is 2.58. The Bertz CT molecular complexity index is 454. The van der Waals surface area contributed by atoms with Gasteiger partial charge in [-0.15, -0.1) is 9.13 Å². The first-order valence-corrected chi connectivity index (χ1v) is 4.88. The van der Waals surface area contributed by atoms with Crippen molar-refractivity contribution in [1.82, 2.24) is 0 Å². The third-order valence-electron chi connectivity index (χ3n) is 2.85. The summed E-state index contributed by atoms with van der Waals surface area (Å²) in [6, 6.07) is 12.6. The van der Waals surface area contributed by atoms with Crippen molar-refractivity contribution in [2.45, 2.75) is 13.1 Å².